The molecule has 0 saturated carbocycles. The molecule has 132 valence electrons. The van der Waals surface area contributed by atoms with Crippen molar-refractivity contribution in [2.45, 2.75) is 25.9 Å². The number of likely N-dealkylation sites (tertiary alicyclic amines) is 1. The Labute approximate surface area is 150 Å². The van der Waals surface area contributed by atoms with Gasteiger partial charge in [-0.3, -0.25) is 9.59 Å². The molecule has 2 amide bonds. The summed E-state index contributed by atoms with van der Waals surface area (Å²) in [5, 5.41) is 2.80. The van der Waals surface area contributed by atoms with E-state index in [4.69, 9.17) is 10.5 Å². The second-order valence-electron chi connectivity index (χ2n) is 5.92. The van der Waals surface area contributed by atoms with Crippen LogP contribution in [0.4, 0.5) is 0 Å². The van der Waals surface area contributed by atoms with Crippen LogP contribution in [0.1, 0.15) is 19.8 Å². The number of hydrogen-bond donors (Lipinski definition) is 2. The maximum absolute atomic E-state index is 12.6. The number of carbonyl (C=O) groups is 2. The molecule has 0 bridgehead atoms. The Morgan fingerprint density at radius 3 is 2.79 bits per heavy atom. The zero-order valence-electron chi connectivity index (χ0n) is 13.8. The van der Waals surface area contributed by atoms with Crippen LogP contribution in [-0.2, 0) is 9.59 Å². The largest absolute Gasteiger partial charge is 0.481 e. The highest BCUT2D eigenvalue weighted by Gasteiger charge is 2.30. The average Bonchev–Trinajstić information content (AvgIpc) is 2.61. The summed E-state index contributed by atoms with van der Waals surface area (Å²) in [4.78, 5) is 26.4. The van der Waals surface area contributed by atoms with Gasteiger partial charge in [-0.05, 0) is 44.0 Å². The molecular formula is C17H24BrN3O3. The smallest absolute Gasteiger partial charge is 0.263 e. The normalized spacial score (nSPS) is 18.8. The number of nitrogens with zero attached hydrogens (tertiary/aromatic N) is 1. The molecule has 0 aliphatic carbocycles. The van der Waals surface area contributed by atoms with Crippen LogP contribution in [0.5, 0.6) is 5.75 Å². The molecule has 24 heavy (non-hydrogen) atoms. The predicted octanol–water partition coefficient (Wildman–Crippen LogP) is 1.53. The first-order valence-electron chi connectivity index (χ1n) is 8.20. The van der Waals surface area contributed by atoms with Crippen molar-refractivity contribution in [1.29, 1.82) is 0 Å². The molecule has 6 nitrogen and oxygen atoms in total. The van der Waals surface area contributed by atoms with Gasteiger partial charge < -0.3 is 20.7 Å². The van der Waals surface area contributed by atoms with Gasteiger partial charge in [-0.2, -0.15) is 0 Å². The zero-order valence-corrected chi connectivity index (χ0v) is 15.4. The topological polar surface area (TPSA) is 84.7 Å². The molecule has 3 N–H and O–H groups in total. The molecule has 1 saturated heterocycles. The van der Waals surface area contributed by atoms with Crippen LogP contribution >= 0.6 is 15.9 Å². The molecule has 0 spiro atoms. The summed E-state index contributed by atoms with van der Waals surface area (Å²) >= 11 is 3.36. The number of hydrogen-bond acceptors (Lipinski definition) is 4. The first-order chi connectivity index (χ1) is 11.5. The van der Waals surface area contributed by atoms with E-state index in [0.29, 0.717) is 31.9 Å². The van der Waals surface area contributed by atoms with Gasteiger partial charge >= 0.3 is 0 Å². The summed E-state index contributed by atoms with van der Waals surface area (Å²) < 4.78 is 6.67. The van der Waals surface area contributed by atoms with E-state index in [0.717, 1.165) is 17.3 Å². The lowest BCUT2D eigenvalue weighted by Gasteiger charge is -2.33. The number of nitrogens with one attached hydrogen (secondary N) is 1. The van der Waals surface area contributed by atoms with Gasteiger partial charge in [-0.25, -0.2) is 0 Å². The van der Waals surface area contributed by atoms with Crippen LogP contribution in [0, 0.1) is 5.92 Å². The minimum atomic E-state index is -0.586. The quantitative estimate of drug-likeness (QED) is 0.761. The molecule has 1 aromatic rings. The van der Waals surface area contributed by atoms with Gasteiger partial charge in [0, 0.05) is 30.7 Å². The Hall–Kier alpha value is -1.60. The van der Waals surface area contributed by atoms with Gasteiger partial charge in [0.15, 0.2) is 6.10 Å². The highest BCUT2D eigenvalue weighted by atomic mass is 79.9. The minimum Gasteiger partial charge on any atom is -0.481 e. The van der Waals surface area contributed by atoms with Gasteiger partial charge in [0.25, 0.3) is 5.91 Å². The highest BCUT2D eigenvalue weighted by molar-refractivity contribution is 9.10. The third kappa shape index (κ3) is 5.21. The van der Waals surface area contributed by atoms with Gasteiger partial charge in [0.2, 0.25) is 5.91 Å². The van der Waals surface area contributed by atoms with Crippen LogP contribution in [-0.4, -0.2) is 49.0 Å². The number of halogens is 1. The van der Waals surface area contributed by atoms with E-state index in [1.165, 1.54) is 0 Å². The molecule has 0 aromatic heterocycles. The van der Waals surface area contributed by atoms with E-state index in [-0.39, 0.29) is 17.7 Å². The van der Waals surface area contributed by atoms with Crippen LogP contribution in [0.25, 0.3) is 0 Å². The minimum absolute atomic E-state index is 0.0283. The third-order valence-electron chi connectivity index (χ3n) is 4.02. The highest BCUT2D eigenvalue weighted by Crippen LogP contribution is 2.20. The second-order valence-corrected chi connectivity index (χ2v) is 6.83. The van der Waals surface area contributed by atoms with Crippen molar-refractivity contribution in [3.05, 3.63) is 28.7 Å². The van der Waals surface area contributed by atoms with E-state index in [1.807, 2.05) is 24.3 Å². The van der Waals surface area contributed by atoms with Gasteiger partial charge in [-0.15, -0.1) is 0 Å². The van der Waals surface area contributed by atoms with Crippen LogP contribution < -0.4 is 15.8 Å². The van der Waals surface area contributed by atoms with Gasteiger partial charge in [-0.1, -0.05) is 15.9 Å². The van der Waals surface area contributed by atoms with E-state index >= 15 is 0 Å². The van der Waals surface area contributed by atoms with Crippen molar-refractivity contribution < 1.29 is 14.3 Å². The van der Waals surface area contributed by atoms with Crippen LogP contribution in [0.15, 0.2) is 28.7 Å². The Balaban J connectivity index is 1.90. The van der Waals surface area contributed by atoms with E-state index < -0.39 is 6.10 Å². The van der Waals surface area contributed by atoms with Crippen LogP contribution in [0.2, 0.25) is 0 Å². The molecule has 1 aliphatic heterocycles. The standard InChI is InChI=1S/C17H24BrN3O3/c1-12(24-15-6-4-14(18)5-7-15)17(23)21-10-2-3-13(11-21)16(22)20-9-8-19/h4-7,12-13H,2-3,8-11,19H2,1H3,(H,20,22). The van der Waals surface area contributed by atoms with Crippen molar-refractivity contribution in [2.24, 2.45) is 11.7 Å². The summed E-state index contributed by atoms with van der Waals surface area (Å²) in [6.45, 7) is 3.71. The average molecular weight is 398 g/mol. The molecule has 2 unspecified atom stereocenters. The first-order valence-corrected chi connectivity index (χ1v) is 8.99. The molecule has 1 fully saturated rings. The molecule has 2 atom stereocenters. The lowest BCUT2D eigenvalue weighted by Crippen LogP contribution is -2.49. The van der Waals surface area contributed by atoms with E-state index in [9.17, 15) is 9.59 Å². The third-order valence-corrected chi connectivity index (χ3v) is 4.55. The van der Waals surface area contributed by atoms with Crippen molar-refractivity contribution in [3.63, 3.8) is 0 Å². The first kappa shape index (κ1) is 18.7. The lowest BCUT2D eigenvalue weighted by atomic mass is 9.96. The number of nitrogens with two attached hydrogens (primary N) is 1. The fourth-order valence-electron chi connectivity index (χ4n) is 2.76. The number of rotatable bonds is 6. The summed E-state index contributed by atoms with van der Waals surface area (Å²) in [5.41, 5.74) is 5.41. The van der Waals surface area contributed by atoms with Gasteiger partial charge in [0.05, 0.1) is 5.92 Å². The monoisotopic (exact) mass is 397 g/mol. The van der Waals surface area contributed by atoms with Crippen molar-refractivity contribution in [3.8, 4) is 5.75 Å². The second kappa shape index (κ2) is 9.03. The Morgan fingerprint density at radius 2 is 2.12 bits per heavy atom. The molecular weight excluding hydrogens is 374 g/mol. The summed E-state index contributed by atoms with van der Waals surface area (Å²) in [7, 11) is 0. The van der Waals surface area contributed by atoms with Gasteiger partial charge in [0.1, 0.15) is 5.75 Å². The molecule has 1 heterocycles. The SMILES string of the molecule is CC(Oc1ccc(Br)cc1)C(=O)N1CCCC(C(=O)NCCN)C1. The summed E-state index contributed by atoms with van der Waals surface area (Å²) in [6.07, 6.45) is 1.02. The Morgan fingerprint density at radius 1 is 1.42 bits per heavy atom. The van der Waals surface area contributed by atoms with Crippen molar-refractivity contribution in [1.82, 2.24) is 10.2 Å². The van der Waals surface area contributed by atoms with Crippen LogP contribution in [0.3, 0.4) is 0 Å². The molecule has 2 rings (SSSR count). The van der Waals surface area contributed by atoms with Crippen molar-refractivity contribution in [2.75, 3.05) is 26.2 Å². The maximum Gasteiger partial charge on any atom is 0.263 e. The number of carbonyl (C=O) groups excluding carboxylic acids is 2. The number of amides is 2. The number of benzene rings is 1. The molecule has 7 heteroatoms. The van der Waals surface area contributed by atoms with Crippen molar-refractivity contribution >= 4 is 27.7 Å². The summed E-state index contributed by atoms with van der Waals surface area (Å²) in [6, 6.07) is 7.36. The van der Waals surface area contributed by atoms with E-state index in [1.54, 1.807) is 11.8 Å². The molecule has 1 aliphatic rings. The maximum atomic E-state index is 12.6. The summed E-state index contributed by atoms with van der Waals surface area (Å²) in [5.74, 6) is 0.358. The number of piperidine rings is 1. The number of ether oxygens (including phenoxy) is 1. The predicted molar refractivity (Wildman–Crippen MR) is 95.6 cm³/mol. The fraction of sp³-hybridized carbons (Fsp3) is 0.529. The lowest BCUT2D eigenvalue weighted by molar-refractivity contribution is -0.141. The Kier molecular flexibility index (Phi) is 7.05. The fourth-order valence-corrected chi connectivity index (χ4v) is 3.02. The zero-order chi connectivity index (χ0) is 17.5. The molecule has 1 aromatic carbocycles. The van der Waals surface area contributed by atoms with E-state index in [2.05, 4.69) is 21.2 Å². The Bertz CT molecular complexity index is 565. The molecule has 0 radical (unpaired) electrons.